The third-order valence-electron chi connectivity index (χ3n) is 5.99. The van der Waals surface area contributed by atoms with Gasteiger partial charge in [0.15, 0.2) is 0 Å². The third kappa shape index (κ3) is 3.60. The van der Waals surface area contributed by atoms with E-state index in [1.54, 1.807) is 19.4 Å². The molecule has 1 aliphatic carbocycles. The van der Waals surface area contributed by atoms with E-state index in [0.29, 0.717) is 50.5 Å². The second kappa shape index (κ2) is 7.33. The molecule has 6 heteroatoms. The van der Waals surface area contributed by atoms with Crippen molar-refractivity contribution in [3.8, 4) is 0 Å². The Balaban J connectivity index is 1.68. The summed E-state index contributed by atoms with van der Waals surface area (Å²) in [5.74, 6) is -0.359. The van der Waals surface area contributed by atoms with Gasteiger partial charge in [0.1, 0.15) is 11.5 Å². The number of hydrogen-bond donors (Lipinski definition) is 1. The highest BCUT2D eigenvalue weighted by atomic mass is 19.1. The van der Waals surface area contributed by atoms with E-state index < -0.39 is 5.67 Å². The van der Waals surface area contributed by atoms with Crippen LogP contribution in [-0.4, -0.2) is 21.1 Å². The number of halogens is 2. The van der Waals surface area contributed by atoms with Gasteiger partial charge in [0.05, 0.1) is 24.3 Å². The van der Waals surface area contributed by atoms with Crippen molar-refractivity contribution in [3.63, 3.8) is 0 Å². The summed E-state index contributed by atoms with van der Waals surface area (Å²) < 4.78 is 31.7. The van der Waals surface area contributed by atoms with Gasteiger partial charge in [-0.05, 0) is 63.9 Å². The quantitative estimate of drug-likeness (QED) is 0.800. The Kier molecular flexibility index (Phi) is 5.30. The number of alkyl halides is 1. The molecule has 1 unspecified atom stereocenters. The van der Waals surface area contributed by atoms with Crippen molar-refractivity contribution in [2.75, 3.05) is 0 Å². The maximum atomic E-state index is 15.3. The Morgan fingerprint density at radius 3 is 2.77 bits per heavy atom. The van der Waals surface area contributed by atoms with Crippen LogP contribution in [0.25, 0.3) is 5.57 Å². The van der Waals surface area contributed by atoms with Crippen LogP contribution in [0, 0.1) is 5.92 Å². The van der Waals surface area contributed by atoms with E-state index in [1.807, 2.05) is 11.5 Å². The second-order valence-corrected chi connectivity index (χ2v) is 7.68. The number of carbonyl (C=O) groups excluding carboxylic acids is 1. The number of hydrogen-bond acceptors (Lipinski definition) is 2. The van der Waals surface area contributed by atoms with Crippen molar-refractivity contribution in [3.05, 3.63) is 35.7 Å². The Bertz CT molecular complexity index is 742. The summed E-state index contributed by atoms with van der Waals surface area (Å²) in [7, 11) is 0. The minimum Gasteiger partial charge on any atom is -0.370 e. The van der Waals surface area contributed by atoms with Crippen molar-refractivity contribution in [1.29, 1.82) is 0 Å². The highest BCUT2D eigenvalue weighted by molar-refractivity contribution is 5.74. The molecule has 4 nitrogen and oxygen atoms in total. The minimum atomic E-state index is -1.25. The molecule has 1 amide bonds. The zero-order valence-electron chi connectivity index (χ0n) is 15.5. The number of primary amides is 1. The zero-order chi connectivity index (χ0) is 18.9. The van der Waals surface area contributed by atoms with E-state index in [4.69, 9.17) is 5.73 Å². The molecular weight excluding hydrogens is 336 g/mol. The van der Waals surface area contributed by atoms with Gasteiger partial charge in [-0.25, -0.2) is 13.8 Å². The van der Waals surface area contributed by atoms with Gasteiger partial charge in [0, 0.05) is 12.0 Å². The maximum Gasteiger partial charge on any atom is 0.217 e. The number of allylic oxidation sites excluding steroid dienone is 4. The second-order valence-electron chi connectivity index (χ2n) is 7.68. The lowest BCUT2D eigenvalue weighted by atomic mass is 9.76. The molecule has 1 aromatic heterocycles. The predicted octanol–water partition coefficient (Wildman–Crippen LogP) is 4.64. The number of carbonyl (C=O) groups is 1. The first kappa shape index (κ1) is 18.8. The highest BCUT2D eigenvalue weighted by Crippen LogP contribution is 2.46. The summed E-state index contributed by atoms with van der Waals surface area (Å²) >= 11 is 0. The standard InChI is InChI=1S/C20H27F2N3O/c1-3-15(21)19-13(2)17-11-24-12-25(17)16(19)6-9-20(22)7-4-14(5-8-20)10-18(23)26/h3,11-12,14,16H,4-10H2,1-2H3,(H2,23,26)/b15-3+. The van der Waals surface area contributed by atoms with Crippen molar-refractivity contribution in [1.82, 2.24) is 9.55 Å². The summed E-state index contributed by atoms with van der Waals surface area (Å²) in [6.07, 6.45) is 8.42. The molecule has 2 heterocycles. The molecule has 0 saturated heterocycles. The zero-order valence-corrected chi connectivity index (χ0v) is 15.5. The summed E-state index contributed by atoms with van der Waals surface area (Å²) in [6, 6.07) is -0.209. The Hall–Kier alpha value is -1.98. The number of rotatable bonds is 6. The van der Waals surface area contributed by atoms with Gasteiger partial charge in [0.2, 0.25) is 5.91 Å². The average molecular weight is 363 g/mol. The smallest absolute Gasteiger partial charge is 0.217 e. The van der Waals surface area contributed by atoms with E-state index in [-0.39, 0.29) is 23.7 Å². The molecule has 1 aliphatic heterocycles. The van der Waals surface area contributed by atoms with Crippen molar-refractivity contribution in [2.45, 2.75) is 70.5 Å². The van der Waals surface area contributed by atoms with Crippen LogP contribution in [0.4, 0.5) is 8.78 Å². The van der Waals surface area contributed by atoms with E-state index >= 15 is 4.39 Å². The molecule has 2 aliphatic rings. The lowest BCUT2D eigenvalue weighted by Gasteiger charge is -2.34. The van der Waals surface area contributed by atoms with E-state index in [1.165, 1.54) is 6.08 Å². The summed E-state index contributed by atoms with van der Waals surface area (Å²) in [6.45, 7) is 3.57. The van der Waals surface area contributed by atoms with Crippen LogP contribution >= 0.6 is 0 Å². The molecule has 1 fully saturated rings. The van der Waals surface area contributed by atoms with Crippen molar-refractivity contribution in [2.24, 2.45) is 11.7 Å². The minimum absolute atomic E-state index is 0.196. The lowest BCUT2D eigenvalue weighted by Crippen LogP contribution is -2.32. The number of aromatic nitrogens is 2. The molecule has 2 N–H and O–H groups in total. The molecule has 1 aromatic rings. The van der Waals surface area contributed by atoms with Crippen LogP contribution in [-0.2, 0) is 4.79 Å². The predicted molar refractivity (Wildman–Crippen MR) is 97.6 cm³/mol. The molecule has 26 heavy (non-hydrogen) atoms. The van der Waals surface area contributed by atoms with Gasteiger partial charge < -0.3 is 10.3 Å². The van der Waals surface area contributed by atoms with Gasteiger partial charge >= 0.3 is 0 Å². The van der Waals surface area contributed by atoms with Crippen LogP contribution in [0.5, 0.6) is 0 Å². The first-order valence-electron chi connectivity index (χ1n) is 9.37. The number of amides is 1. The Morgan fingerprint density at radius 1 is 1.46 bits per heavy atom. The van der Waals surface area contributed by atoms with Crippen LogP contribution in [0.2, 0.25) is 0 Å². The fraction of sp³-hybridized carbons (Fsp3) is 0.600. The Labute approximate surface area is 153 Å². The number of nitrogens with zero attached hydrogens (tertiary/aromatic N) is 2. The van der Waals surface area contributed by atoms with Gasteiger partial charge in [0.25, 0.3) is 0 Å². The van der Waals surface area contributed by atoms with Crippen molar-refractivity contribution >= 4 is 11.5 Å². The maximum absolute atomic E-state index is 15.3. The topological polar surface area (TPSA) is 60.9 Å². The fourth-order valence-electron chi connectivity index (χ4n) is 4.48. The lowest BCUT2D eigenvalue weighted by molar-refractivity contribution is -0.119. The molecule has 142 valence electrons. The van der Waals surface area contributed by atoms with Crippen LogP contribution in [0.3, 0.4) is 0 Å². The van der Waals surface area contributed by atoms with Crippen LogP contribution < -0.4 is 5.73 Å². The normalized spacial score (nSPS) is 29.2. The Morgan fingerprint density at radius 2 is 2.15 bits per heavy atom. The summed E-state index contributed by atoms with van der Waals surface area (Å²) in [5.41, 5.74) is 6.43. The molecular formula is C20H27F2N3O. The number of fused-ring (bicyclic) bond motifs is 1. The molecule has 0 spiro atoms. The first-order chi connectivity index (χ1) is 12.3. The molecule has 1 atom stereocenters. The highest BCUT2D eigenvalue weighted by Gasteiger charge is 2.38. The SMILES string of the molecule is C/C=C(/F)C1=C(C)c2cncn2C1CCC1(F)CCC(CC(N)=O)CC1. The average Bonchev–Trinajstić information content (AvgIpc) is 3.17. The van der Waals surface area contributed by atoms with E-state index in [0.717, 1.165) is 11.3 Å². The number of imidazole rings is 1. The van der Waals surface area contributed by atoms with Gasteiger partial charge in [-0.3, -0.25) is 4.79 Å². The van der Waals surface area contributed by atoms with Crippen LogP contribution in [0.15, 0.2) is 30.0 Å². The molecule has 0 bridgehead atoms. The molecule has 1 saturated carbocycles. The summed E-state index contributed by atoms with van der Waals surface area (Å²) in [4.78, 5) is 15.2. The van der Waals surface area contributed by atoms with Crippen LogP contribution in [0.1, 0.15) is 70.5 Å². The van der Waals surface area contributed by atoms with Gasteiger partial charge in [-0.15, -0.1) is 0 Å². The molecule has 0 aromatic carbocycles. The summed E-state index contributed by atoms with van der Waals surface area (Å²) in [5, 5.41) is 0. The first-order valence-corrected chi connectivity index (χ1v) is 9.37. The molecule has 0 radical (unpaired) electrons. The van der Waals surface area contributed by atoms with E-state index in [9.17, 15) is 9.18 Å². The van der Waals surface area contributed by atoms with Gasteiger partial charge in [-0.1, -0.05) is 6.08 Å². The third-order valence-corrected chi connectivity index (χ3v) is 5.99. The van der Waals surface area contributed by atoms with Gasteiger partial charge in [-0.2, -0.15) is 0 Å². The molecule has 3 rings (SSSR count). The van der Waals surface area contributed by atoms with E-state index in [2.05, 4.69) is 4.98 Å². The number of nitrogens with two attached hydrogens (primary N) is 1. The monoisotopic (exact) mass is 363 g/mol. The van der Waals surface area contributed by atoms with Crippen molar-refractivity contribution < 1.29 is 13.6 Å². The fourth-order valence-corrected chi connectivity index (χ4v) is 4.48. The largest absolute Gasteiger partial charge is 0.370 e.